The Labute approximate surface area is 115 Å². The minimum Gasteiger partial charge on any atom is -0.497 e. The Bertz CT molecular complexity index is 386. The van der Waals surface area contributed by atoms with Crippen LogP contribution in [0.15, 0.2) is 18.2 Å². The first kappa shape index (κ1) is 14.2. The molecule has 3 heteroatoms. The molecule has 1 aromatic rings. The highest BCUT2D eigenvalue weighted by Crippen LogP contribution is 2.38. The molecule has 0 amide bonds. The Hall–Kier alpha value is -1.22. The normalized spacial score (nSPS) is 24.8. The number of hydrogen-bond acceptors (Lipinski definition) is 3. The molecule has 0 aromatic heterocycles. The topological polar surface area (TPSA) is 38.7 Å². The second-order valence-corrected chi connectivity index (χ2v) is 5.61. The van der Waals surface area contributed by atoms with Gasteiger partial charge < -0.3 is 14.6 Å². The van der Waals surface area contributed by atoms with Crippen LogP contribution in [0.1, 0.15) is 44.3 Å². The molecule has 3 nitrogen and oxygen atoms in total. The molecule has 1 aliphatic rings. The molecular weight excluding hydrogens is 240 g/mol. The van der Waals surface area contributed by atoms with E-state index in [1.54, 1.807) is 14.2 Å². The fourth-order valence-electron chi connectivity index (χ4n) is 2.87. The van der Waals surface area contributed by atoms with Gasteiger partial charge in [0.25, 0.3) is 0 Å². The Morgan fingerprint density at radius 1 is 1.00 bits per heavy atom. The summed E-state index contributed by atoms with van der Waals surface area (Å²) >= 11 is 0. The van der Waals surface area contributed by atoms with Crippen molar-refractivity contribution in [3.8, 4) is 11.5 Å². The molecule has 1 fully saturated rings. The predicted octanol–water partition coefficient (Wildman–Crippen LogP) is 3.56. The summed E-state index contributed by atoms with van der Waals surface area (Å²) in [5.74, 6) is 2.62. The number of methoxy groups -OCH3 is 2. The number of aliphatic hydroxyl groups excluding tert-OH is 1. The van der Waals surface area contributed by atoms with Gasteiger partial charge in [0, 0.05) is 6.07 Å². The van der Waals surface area contributed by atoms with Crippen molar-refractivity contribution in [2.75, 3.05) is 14.2 Å². The molecule has 0 radical (unpaired) electrons. The van der Waals surface area contributed by atoms with Gasteiger partial charge >= 0.3 is 0 Å². The summed E-state index contributed by atoms with van der Waals surface area (Å²) in [4.78, 5) is 0. The highest BCUT2D eigenvalue weighted by molar-refractivity contribution is 5.39. The molecule has 1 N–H and O–H groups in total. The van der Waals surface area contributed by atoms with Crippen LogP contribution in [0.3, 0.4) is 0 Å². The highest BCUT2D eigenvalue weighted by Gasteiger charge is 2.26. The first-order valence-corrected chi connectivity index (χ1v) is 7.05. The molecule has 106 valence electrons. The van der Waals surface area contributed by atoms with E-state index in [1.165, 1.54) is 12.8 Å². The van der Waals surface area contributed by atoms with Gasteiger partial charge in [-0.3, -0.25) is 0 Å². The van der Waals surface area contributed by atoms with Crippen LogP contribution >= 0.6 is 0 Å². The summed E-state index contributed by atoms with van der Waals surface area (Å²) < 4.78 is 10.5. The Kier molecular flexibility index (Phi) is 4.70. The van der Waals surface area contributed by atoms with Gasteiger partial charge in [-0.15, -0.1) is 0 Å². The molecule has 19 heavy (non-hydrogen) atoms. The van der Waals surface area contributed by atoms with Gasteiger partial charge in [-0.05, 0) is 42.4 Å². The third kappa shape index (κ3) is 3.41. The van der Waals surface area contributed by atoms with E-state index in [1.807, 2.05) is 18.2 Å². The molecule has 1 unspecified atom stereocenters. The van der Waals surface area contributed by atoms with E-state index in [2.05, 4.69) is 6.92 Å². The van der Waals surface area contributed by atoms with E-state index in [9.17, 15) is 5.11 Å². The first-order valence-electron chi connectivity index (χ1n) is 7.05. The van der Waals surface area contributed by atoms with Crippen LogP contribution < -0.4 is 9.47 Å². The molecule has 1 saturated carbocycles. The van der Waals surface area contributed by atoms with E-state index < -0.39 is 6.10 Å². The summed E-state index contributed by atoms with van der Waals surface area (Å²) in [7, 11) is 3.26. The van der Waals surface area contributed by atoms with Gasteiger partial charge in [-0.1, -0.05) is 19.8 Å². The lowest BCUT2D eigenvalue weighted by molar-refractivity contribution is 0.0752. The smallest absolute Gasteiger partial charge is 0.122 e. The number of ether oxygens (including phenoxy) is 2. The second-order valence-electron chi connectivity index (χ2n) is 5.61. The zero-order valence-corrected chi connectivity index (χ0v) is 12.1. The maximum Gasteiger partial charge on any atom is 0.122 e. The van der Waals surface area contributed by atoms with Crippen molar-refractivity contribution in [2.45, 2.75) is 38.7 Å². The first-order chi connectivity index (χ1) is 9.13. The number of aliphatic hydroxyl groups is 1. The van der Waals surface area contributed by atoms with Crippen LogP contribution in [-0.4, -0.2) is 19.3 Å². The third-order valence-electron chi connectivity index (χ3n) is 4.22. The fourth-order valence-corrected chi connectivity index (χ4v) is 2.87. The number of benzene rings is 1. The summed E-state index contributed by atoms with van der Waals surface area (Å²) in [6.07, 6.45) is 4.20. The summed E-state index contributed by atoms with van der Waals surface area (Å²) in [5, 5.41) is 10.6. The Balaban J connectivity index is 2.15. The quantitative estimate of drug-likeness (QED) is 0.903. The number of rotatable bonds is 4. The monoisotopic (exact) mass is 264 g/mol. The molecular formula is C16H24O3. The average molecular weight is 264 g/mol. The van der Waals surface area contributed by atoms with Crippen molar-refractivity contribution < 1.29 is 14.6 Å². The van der Waals surface area contributed by atoms with Gasteiger partial charge in [0.2, 0.25) is 0 Å². The maximum atomic E-state index is 10.6. The van der Waals surface area contributed by atoms with Crippen LogP contribution in [-0.2, 0) is 0 Å². The molecule has 1 aliphatic carbocycles. The summed E-state index contributed by atoms with van der Waals surface area (Å²) in [6, 6.07) is 5.65. The Morgan fingerprint density at radius 2 is 1.53 bits per heavy atom. The molecule has 0 spiro atoms. The number of hydrogen-bond donors (Lipinski definition) is 1. The van der Waals surface area contributed by atoms with Crippen molar-refractivity contribution in [1.29, 1.82) is 0 Å². The Morgan fingerprint density at radius 3 is 2.00 bits per heavy atom. The lowest BCUT2D eigenvalue weighted by Gasteiger charge is -2.30. The average Bonchev–Trinajstić information content (AvgIpc) is 2.46. The van der Waals surface area contributed by atoms with E-state index >= 15 is 0 Å². The highest BCUT2D eigenvalue weighted by atomic mass is 16.5. The SMILES string of the molecule is COc1cc(OC)cc(C(O)C2CCC(C)CC2)c1. The van der Waals surface area contributed by atoms with Crippen molar-refractivity contribution in [2.24, 2.45) is 11.8 Å². The van der Waals surface area contributed by atoms with E-state index in [-0.39, 0.29) is 0 Å². The van der Waals surface area contributed by atoms with Gasteiger partial charge in [0.1, 0.15) is 11.5 Å². The van der Waals surface area contributed by atoms with Gasteiger partial charge in [-0.2, -0.15) is 0 Å². The maximum absolute atomic E-state index is 10.6. The second kappa shape index (κ2) is 6.29. The van der Waals surface area contributed by atoms with E-state index in [0.717, 1.165) is 35.8 Å². The molecule has 1 aromatic carbocycles. The lowest BCUT2D eigenvalue weighted by Crippen LogP contribution is -2.19. The van der Waals surface area contributed by atoms with Crippen molar-refractivity contribution in [3.63, 3.8) is 0 Å². The van der Waals surface area contributed by atoms with Crippen LogP contribution in [0.4, 0.5) is 0 Å². The predicted molar refractivity (Wildman–Crippen MR) is 75.6 cm³/mol. The molecule has 2 rings (SSSR count). The van der Waals surface area contributed by atoms with Crippen LogP contribution in [0.25, 0.3) is 0 Å². The lowest BCUT2D eigenvalue weighted by atomic mass is 9.78. The van der Waals surface area contributed by atoms with Gasteiger partial charge in [0.15, 0.2) is 0 Å². The molecule has 0 bridgehead atoms. The zero-order valence-electron chi connectivity index (χ0n) is 12.1. The minimum absolute atomic E-state index is 0.355. The third-order valence-corrected chi connectivity index (χ3v) is 4.22. The van der Waals surface area contributed by atoms with E-state index in [4.69, 9.17) is 9.47 Å². The molecule has 0 heterocycles. The summed E-state index contributed by atoms with van der Waals surface area (Å²) in [5.41, 5.74) is 0.899. The van der Waals surface area contributed by atoms with Gasteiger partial charge in [0.05, 0.1) is 20.3 Å². The fraction of sp³-hybridized carbons (Fsp3) is 0.625. The minimum atomic E-state index is -0.420. The van der Waals surface area contributed by atoms with Crippen molar-refractivity contribution in [3.05, 3.63) is 23.8 Å². The van der Waals surface area contributed by atoms with Crippen LogP contribution in [0.2, 0.25) is 0 Å². The van der Waals surface area contributed by atoms with Gasteiger partial charge in [-0.25, -0.2) is 0 Å². The standard InChI is InChI=1S/C16H24O3/c1-11-4-6-12(7-5-11)16(17)13-8-14(18-2)10-15(9-13)19-3/h8-12,16-17H,4-7H2,1-3H3. The molecule has 1 atom stereocenters. The zero-order chi connectivity index (χ0) is 13.8. The molecule has 0 aliphatic heterocycles. The van der Waals surface area contributed by atoms with Crippen molar-refractivity contribution in [1.82, 2.24) is 0 Å². The molecule has 0 saturated heterocycles. The summed E-state index contributed by atoms with van der Waals surface area (Å²) in [6.45, 7) is 2.29. The van der Waals surface area contributed by atoms with Crippen molar-refractivity contribution >= 4 is 0 Å². The largest absolute Gasteiger partial charge is 0.497 e. The van der Waals surface area contributed by atoms with E-state index in [0.29, 0.717) is 5.92 Å². The van der Waals surface area contributed by atoms with Crippen LogP contribution in [0, 0.1) is 11.8 Å². The van der Waals surface area contributed by atoms with Crippen LogP contribution in [0.5, 0.6) is 11.5 Å².